The Kier molecular flexibility index (Phi) is 13.0. The van der Waals surface area contributed by atoms with Crippen LogP contribution in [0.4, 0.5) is 0 Å². The van der Waals surface area contributed by atoms with Crippen LogP contribution < -0.4 is 9.97 Å². The summed E-state index contributed by atoms with van der Waals surface area (Å²) >= 11 is 0. The second-order valence-electron chi connectivity index (χ2n) is 22.2. The van der Waals surface area contributed by atoms with Gasteiger partial charge in [-0.3, -0.25) is 0 Å². The Morgan fingerprint density at radius 1 is 0.213 bits per heavy atom. The molecule has 0 spiro atoms. The minimum absolute atomic E-state index is 0. The molecule has 4 heterocycles. The number of rotatable bonds is 0. The molecule has 89 heavy (non-hydrogen) atoms. The first-order valence-corrected chi connectivity index (χ1v) is 29.4. The van der Waals surface area contributed by atoms with E-state index < -0.39 is 0 Å². The van der Waals surface area contributed by atoms with Gasteiger partial charge < -0.3 is 9.97 Å². The SMILES string of the molecule is C(#Cc1c2nc(c(C#Cc3ccccc3)c3[n-]c(c(C#Cc4ccccc4)c4nc(c(C#Cc5ccccc5)c5[n-]c1c1cc6ccccc6cc51)-c1cc5ccccc5cc1-4)c1cc4ccccc4cc31)-c1cc3ccccc3cc1-2)c1ccccc1.[Pt+2]. The van der Waals surface area contributed by atoms with E-state index in [1.807, 2.05) is 121 Å². The van der Waals surface area contributed by atoms with Crippen LogP contribution in [-0.4, -0.2) is 9.97 Å². The van der Waals surface area contributed by atoms with Crippen molar-refractivity contribution >= 4 is 86.7 Å². The van der Waals surface area contributed by atoms with Crippen molar-refractivity contribution in [3.05, 3.63) is 311 Å². The van der Waals surface area contributed by atoms with Gasteiger partial charge in [0.1, 0.15) is 0 Å². The summed E-state index contributed by atoms with van der Waals surface area (Å²) in [4.78, 5) is 23.9. The normalized spacial score (nSPS) is 11.1. The molecule has 2 aliphatic heterocycles. The summed E-state index contributed by atoms with van der Waals surface area (Å²) in [5, 5.41) is 12.1. The number of nitrogens with zero attached hydrogens (tertiary/aromatic N) is 4. The summed E-state index contributed by atoms with van der Waals surface area (Å²) in [6.45, 7) is 0. The minimum Gasteiger partial charge on any atom is -0.655 e. The van der Waals surface area contributed by atoms with E-state index in [2.05, 4.69) is 193 Å². The van der Waals surface area contributed by atoms with Crippen LogP contribution in [0.2, 0.25) is 0 Å². The fraction of sp³-hybridized carbons (Fsp3) is 0. The van der Waals surface area contributed by atoms with Crippen LogP contribution in [0.5, 0.6) is 0 Å². The van der Waals surface area contributed by atoms with Gasteiger partial charge in [-0.25, -0.2) is 9.97 Å². The zero-order chi connectivity index (χ0) is 58.1. The van der Waals surface area contributed by atoms with Crippen molar-refractivity contribution in [1.29, 1.82) is 0 Å². The Labute approximate surface area is 527 Å². The average Bonchev–Trinajstić information content (AvgIpc) is 1.66. The third-order valence-corrected chi connectivity index (χ3v) is 16.8. The molecular formula is C84H44N4Pt. The van der Waals surface area contributed by atoms with Crippen molar-refractivity contribution < 1.29 is 21.1 Å². The molecule has 1 aliphatic carbocycles. The van der Waals surface area contributed by atoms with Crippen molar-refractivity contribution in [2.45, 2.75) is 0 Å². The second-order valence-corrected chi connectivity index (χ2v) is 22.2. The smallest absolute Gasteiger partial charge is 0.655 e. The molecule has 410 valence electrons. The van der Waals surface area contributed by atoms with Gasteiger partial charge in [0.15, 0.2) is 0 Å². The molecule has 0 saturated heterocycles. The van der Waals surface area contributed by atoms with Crippen LogP contribution in [0.3, 0.4) is 0 Å². The molecule has 0 saturated carbocycles. The van der Waals surface area contributed by atoms with E-state index >= 15 is 0 Å². The first kappa shape index (κ1) is 52.8. The number of benzene rings is 12. The largest absolute Gasteiger partial charge is 2.00 e. The van der Waals surface area contributed by atoms with Crippen LogP contribution in [0, 0.1) is 47.4 Å². The Balaban J connectivity index is 0.00000636. The Bertz CT molecular complexity index is 5210. The fourth-order valence-corrected chi connectivity index (χ4v) is 12.5. The Morgan fingerprint density at radius 2 is 0.404 bits per heavy atom. The summed E-state index contributed by atoms with van der Waals surface area (Å²) < 4.78 is 0. The van der Waals surface area contributed by atoms with Crippen LogP contribution in [0.1, 0.15) is 44.5 Å². The molecule has 4 nitrogen and oxygen atoms in total. The van der Waals surface area contributed by atoms with E-state index in [1.165, 1.54) is 0 Å². The maximum atomic E-state index is 5.97. The monoisotopic (exact) mass is 1300 g/mol. The van der Waals surface area contributed by atoms with Crippen molar-refractivity contribution in [2.24, 2.45) is 0 Å². The van der Waals surface area contributed by atoms with E-state index in [4.69, 9.17) is 19.9 Å². The number of fused-ring (bicyclic) bond motifs is 4. The van der Waals surface area contributed by atoms with Crippen LogP contribution in [0.25, 0.3) is 132 Å². The van der Waals surface area contributed by atoms with Crippen molar-refractivity contribution in [1.82, 2.24) is 19.9 Å². The van der Waals surface area contributed by atoms with Gasteiger partial charge in [-0.1, -0.05) is 217 Å². The van der Waals surface area contributed by atoms with Crippen molar-refractivity contribution in [2.75, 3.05) is 0 Å². The molecule has 0 radical (unpaired) electrons. The van der Waals surface area contributed by atoms with Gasteiger partial charge >= 0.3 is 21.1 Å². The summed E-state index contributed by atoms with van der Waals surface area (Å²) in [5.74, 6) is 29.6. The molecule has 17 rings (SSSR count). The molecule has 0 N–H and O–H groups in total. The molecule has 0 fully saturated rings. The molecule has 3 aliphatic rings. The van der Waals surface area contributed by atoms with Gasteiger partial charge in [0, 0.05) is 66.8 Å². The molecule has 0 amide bonds. The standard InChI is InChI=1S/C84H44N4.Pt/c1-5-21-53(22-6-1)37-41-65-77-69-45-57-29-13-15-31-59(57)47-71(69)79(85-77)66(42-38-54-23-7-2-8-24-54)81-73-49-61-33-17-19-35-63(61)51-75(73)83(87-81)68(44-40-56-27-11-4-12-28-56)84-76-52-64-36-20-18-34-62(64)50-74(76)82(88-84)67(43-39-55-25-9-3-10-26-55)80-72-48-60-32-16-14-30-58(60)46-70(72)78(65)86-80;/h1-36,45-52H;/q-2;+2. The van der Waals surface area contributed by atoms with Gasteiger partial charge in [0.25, 0.3) is 0 Å². The van der Waals surface area contributed by atoms with Gasteiger partial charge in [0.2, 0.25) is 0 Å². The quantitative estimate of drug-likeness (QED) is 0.142. The van der Waals surface area contributed by atoms with Crippen LogP contribution >= 0.6 is 0 Å². The summed E-state index contributed by atoms with van der Waals surface area (Å²) in [6.07, 6.45) is 0. The Morgan fingerprint density at radius 3 is 0.618 bits per heavy atom. The summed E-state index contributed by atoms with van der Waals surface area (Å²) in [7, 11) is 0. The molecule has 0 atom stereocenters. The topological polar surface area (TPSA) is 54.0 Å². The molecule has 2 aromatic heterocycles. The van der Waals surface area contributed by atoms with Crippen molar-refractivity contribution in [3.8, 4) is 92.4 Å². The third-order valence-electron chi connectivity index (χ3n) is 16.8. The van der Waals surface area contributed by atoms with E-state index in [-0.39, 0.29) is 21.1 Å². The number of hydrogen-bond acceptors (Lipinski definition) is 2. The maximum absolute atomic E-state index is 5.97. The van der Waals surface area contributed by atoms with E-state index in [1.54, 1.807) is 0 Å². The molecule has 12 aromatic carbocycles. The number of hydrogen-bond donors (Lipinski definition) is 0. The average molecular weight is 1300 g/mol. The number of aromatic nitrogens is 4. The second kappa shape index (κ2) is 21.9. The molecular weight excluding hydrogens is 1260 g/mol. The first-order chi connectivity index (χ1) is 43.6. The van der Waals surface area contributed by atoms with Gasteiger partial charge in [-0.15, -0.1) is 22.1 Å². The predicted octanol–water partition coefficient (Wildman–Crippen LogP) is 18.8. The van der Waals surface area contributed by atoms with Gasteiger partial charge in [-0.05, 0) is 162 Å². The van der Waals surface area contributed by atoms with E-state index in [9.17, 15) is 0 Å². The van der Waals surface area contributed by atoms with Gasteiger partial charge in [0.05, 0.1) is 22.8 Å². The van der Waals surface area contributed by atoms with E-state index in [0.717, 1.165) is 109 Å². The third kappa shape index (κ3) is 9.33. The minimum atomic E-state index is 0. The molecule has 8 bridgehead atoms. The molecule has 14 aromatic rings. The van der Waals surface area contributed by atoms with Crippen molar-refractivity contribution in [3.63, 3.8) is 0 Å². The maximum Gasteiger partial charge on any atom is 2.00 e. The summed E-state index contributed by atoms with van der Waals surface area (Å²) in [6, 6.07) is 92.6. The van der Waals surface area contributed by atoms with Gasteiger partial charge in [-0.2, -0.15) is 0 Å². The summed E-state index contributed by atoms with van der Waals surface area (Å²) in [5.41, 5.74) is 15.1. The van der Waals surface area contributed by atoms with Crippen LogP contribution in [0.15, 0.2) is 267 Å². The predicted molar refractivity (Wildman–Crippen MR) is 363 cm³/mol. The molecule has 5 heteroatoms. The van der Waals surface area contributed by atoms with Crippen LogP contribution in [-0.2, 0) is 21.1 Å². The zero-order valence-corrected chi connectivity index (χ0v) is 49.8. The van der Waals surface area contributed by atoms with E-state index in [0.29, 0.717) is 67.1 Å². The fourth-order valence-electron chi connectivity index (χ4n) is 12.5. The Hall–Kier alpha value is -11.8. The zero-order valence-electron chi connectivity index (χ0n) is 47.5. The molecule has 0 unspecified atom stereocenters. The first-order valence-electron chi connectivity index (χ1n) is 29.4.